The predicted octanol–water partition coefficient (Wildman–Crippen LogP) is 3.53. The molecule has 1 aliphatic carbocycles. The molecule has 5 heteroatoms. The predicted molar refractivity (Wildman–Crippen MR) is 89.1 cm³/mol. The molecule has 0 bridgehead atoms. The van der Waals surface area contributed by atoms with Crippen molar-refractivity contribution < 1.29 is 5.11 Å². The monoisotopic (exact) mass is 360 g/mol. The van der Waals surface area contributed by atoms with Crippen LogP contribution >= 0.6 is 27.3 Å². The van der Waals surface area contributed by atoms with E-state index in [1.165, 1.54) is 4.88 Å². The fraction of sp³-hybridized carbons (Fsp3) is 0.733. The highest BCUT2D eigenvalue weighted by molar-refractivity contribution is 9.10. The van der Waals surface area contributed by atoms with Crippen LogP contribution in [0.25, 0.3) is 0 Å². The van der Waals surface area contributed by atoms with Gasteiger partial charge in [-0.2, -0.15) is 0 Å². The average Bonchev–Trinajstić information content (AvgIpc) is 2.99. The van der Waals surface area contributed by atoms with Gasteiger partial charge in [-0.25, -0.2) is 0 Å². The number of likely N-dealkylation sites (N-methyl/N-ethyl adjacent to an activating group) is 1. The Kier molecular flexibility index (Phi) is 5.65. The number of hydrogen-bond donors (Lipinski definition) is 2. The second-order valence-corrected chi connectivity index (χ2v) is 7.89. The van der Waals surface area contributed by atoms with E-state index in [1.54, 1.807) is 11.3 Å². The fourth-order valence-electron chi connectivity index (χ4n) is 3.22. The number of thiophene rings is 1. The van der Waals surface area contributed by atoms with Gasteiger partial charge < -0.3 is 10.8 Å². The van der Waals surface area contributed by atoms with E-state index in [-0.39, 0.29) is 12.1 Å². The van der Waals surface area contributed by atoms with Gasteiger partial charge in [-0.3, -0.25) is 4.90 Å². The molecule has 1 heterocycles. The summed E-state index contributed by atoms with van der Waals surface area (Å²) in [6.45, 7) is 2.83. The molecule has 0 spiro atoms. The molecule has 2 rings (SSSR count). The quantitative estimate of drug-likeness (QED) is 0.815. The summed E-state index contributed by atoms with van der Waals surface area (Å²) in [6, 6.07) is 2.43. The van der Waals surface area contributed by atoms with Crippen LogP contribution in [-0.4, -0.2) is 35.2 Å². The van der Waals surface area contributed by atoms with Crippen molar-refractivity contribution in [3.8, 4) is 0 Å². The lowest BCUT2D eigenvalue weighted by Crippen LogP contribution is -2.45. The lowest BCUT2D eigenvalue weighted by Gasteiger charge is -2.36. The number of halogens is 1. The van der Waals surface area contributed by atoms with E-state index < -0.39 is 5.60 Å². The summed E-state index contributed by atoms with van der Waals surface area (Å²) in [5.74, 6) is 0. The van der Waals surface area contributed by atoms with Crippen molar-refractivity contribution >= 4 is 27.3 Å². The highest BCUT2D eigenvalue weighted by Gasteiger charge is 2.35. The summed E-state index contributed by atoms with van der Waals surface area (Å²) in [5, 5.41) is 12.7. The van der Waals surface area contributed by atoms with Gasteiger partial charge in [0.2, 0.25) is 0 Å². The Bertz CT molecular complexity index is 431. The first kappa shape index (κ1) is 16.4. The van der Waals surface area contributed by atoms with E-state index in [4.69, 9.17) is 5.73 Å². The number of aliphatic hydroxyl groups is 1. The van der Waals surface area contributed by atoms with Crippen molar-refractivity contribution in [3.05, 3.63) is 20.8 Å². The molecule has 1 aromatic rings. The number of rotatable bonds is 6. The Morgan fingerprint density at radius 3 is 2.65 bits per heavy atom. The maximum atomic E-state index is 10.6. The van der Waals surface area contributed by atoms with E-state index >= 15 is 0 Å². The molecule has 1 aromatic heterocycles. The molecule has 1 aliphatic rings. The molecule has 0 amide bonds. The smallest absolute Gasteiger partial charge is 0.0774 e. The van der Waals surface area contributed by atoms with Crippen LogP contribution in [0.1, 0.15) is 49.9 Å². The third kappa shape index (κ3) is 3.83. The lowest BCUT2D eigenvalue weighted by molar-refractivity contribution is 0.00210. The standard InChI is InChI=1S/C15H25BrN2OS/c1-3-12(17)14(13-8-11(16)9-20-13)18(2)10-15(19)6-4-5-7-15/h8-9,12,14,19H,3-7,10,17H2,1-2H3. The topological polar surface area (TPSA) is 49.5 Å². The molecule has 114 valence electrons. The summed E-state index contributed by atoms with van der Waals surface area (Å²) in [6.07, 6.45) is 5.04. The van der Waals surface area contributed by atoms with Gasteiger partial charge >= 0.3 is 0 Å². The first-order valence-corrected chi connectivity index (χ1v) is 9.04. The van der Waals surface area contributed by atoms with Crippen LogP contribution in [0.2, 0.25) is 0 Å². The minimum Gasteiger partial charge on any atom is -0.389 e. The second-order valence-electron chi connectivity index (χ2n) is 6.03. The van der Waals surface area contributed by atoms with E-state index in [9.17, 15) is 5.11 Å². The zero-order valence-electron chi connectivity index (χ0n) is 12.3. The highest BCUT2D eigenvalue weighted by Crippen LogP contribution is 2.35. The average molecular weight is 361 g/mol. The van der Waals surface area contributed by atoms with Crippen LogP contribution in [0.5, 0.6) is 0 Å². The maximum Gasteiger partial charge on any atom is 0.0774 e. The van der Waals surface area contributed by atoms with Crippen LogP contribution < -0.4 is 5.73 Å². The summed E-state index contributed by atoms with van der Waals surface area (Å²) >= 11 is 5.26. The number of hydrogen-bond acceptors (Lipinski definition) is 4. The number of nitrogens with zero attached hydrogens (tertiary/aromatic N) is 1. The van der Waals surface area contributed by atoms with Crippen LogP contribution in [-0.2, 0) is 0 Å². The molecular formula is C15H25BrN2OS. The normalized spacial score (nSPS) is 21.3. The van der Waals surface area contributed by atoms with Crippen molar-refractivity contribution in [1.82, 2.24) is 4.90 Å². The summed E-state index contributed by atoms with van der Waals surface area (Å²) in [4.78, 5) is 3.52. The van der Waals surface area contributed by atoms with Gasteiger partial charge in [-0.1, -0.05) is 19.8 Å². The third-order valence-electron chi connectivity index (χ3n) is 4.31. The van der Waals surface area contributed by atoms with Gasteiger partial charge in [0.25, 0.3) is 0 Å². The molecular weight excluding hydrogens is 336 g/mol. The molecule has 1 fully saturated rings. The van der Waals surface area contributed by atoms with E-state index in [2.05, 4.69) is 46.2 Å². The molecule has 0 radical (unpaired) electrons. The molecule has 3 nitrogen and oxygen atoms in total. The molecule has 0 aromatic carbocycles. The van der Waals surface area contributed by atoms with Gasteiger partial charge in [0.1, 0.15) is 0 Å². The van der Waals surface area contributed by atoms with E-state index in [0.717, 1.165) is 36.6 Å². The van der Waals surface area contributed by atoms with Crippen molar-refractivity contribution in [1.29, 1.82) is 0 Å². The summed E-state index contributed by atoms with van der Waals surface area (Å²) in [7, 11) is 2.09. The molecule has 20 heavy (non-hydrogen) atoms. The van der Waals surface area contributed by atoms with Gasteiger partial charge in [-0.05, 0) is 48.3 Å². The van der Waals surface area contributed by atoms with Gasteiger partial charge in [-0.15, -0.1) is 11.3 Å². The van der Waals surface area contributed by atoms with Gasteiger partial charge in [0.05, 0.1) is 11.6 Å². The Balaban J connectivity index is 2.13. The first-order chi connectivity index (χ1) is 9.45. The first-order valence-electron chi connectivity index (χ1n) is 7.37. The Morgan fingerprint density at radius 2 is 2.15 bits per heavy atom. The van der Waals surface area contributed by atoms with Crippen LogP contribution in [0.3, 0.4) is 0 Å². The molecule has 3 N–H and O–H groups in total. The van der Waals surface area contributed by atoms with Crippen LogP contribution in [0, 0.1) is 0 Å². The van der Waals surface area contributed by atoms with Crippen molar-refractivity contribution in [2.45, 2.75) is 56.7 Å². The molecule has 0 saturated heterocycles. The van der Waals surface area contributed by atoms with Gasteiger partial charge in [0, 0.05) is 27.3 Å². The van der Waals surface area contributed by atoms with Gasteiger partial charge in [0.15, 0.2) is 0 Å². The lowest BCUT2D eigenvalue weighted by atomic mass is 9.98. The maximum absolute atomic E-state index is 10.6. The van der Waals surface area contributed by atoms with Crippen molar-refractivity contribution in [3.63, 3.8) is 0 Å². The highest BCUT2D eigenvalue weighted by atomic mass is 79.9. The van der Waals surface area contributed by atoms with Crippen LogP contribution in [0.15, 0.2) is 15.9 Å². The minimum absolute atomic E-state index is 0.0931. The number of nitrogens with two attached hydrogens (primary N) is 1. The Morgan fingerprint density at radius 1 is 1.50 bits per heavy atom. The van der Waals surface area contributed by atoms with E-state index in [0.29, 0.717) is 6.54 Å². The Hall–Kier alpha value is 0.0600. The third-order valence-corrected chi connectivity index (χ3v) is 6.07. The zero-order chi connectivity index (χ0) is 14.8. The zero-order valence-corrected chi connectivity index (χ0v) is 14.7. The van der Waals surface area contributed by atoms with Crippen LogP contribution in [0.4, 0.5) is 0 Å². The molecule has 2 atom stereocenters. The summed E-state index contributed by atoms with van der Waals surface area (Å²) in [5.41, 5.74) is 5.83. The van der Waals surface area contributed by atoms with Crippen molar-refractivity contribution in [2.24, 2.45) is 5.73 Å². The van der Waals surface area contributed by atoms with E-state index in [1.807, 2.05) is 0 Å². The molecule has 2 unspecified atom stereocenters. The van der Waals surface area contributed by atoms with Crippen molar-refractivity contribution in [2.75, 3.05) is 13.6 Å². The summed E-state index contributed by atoms with van der Waals surface area (Å²) < 4.78 is 1.11. The Labute approximate surface area is 134 Å². The molecule has 0 aliphatic heterocycles. The second kappa shape index (κ2) is 6.88. The largest absolute Gasteiger partial charge is 0.389 e. The fourth-order valence-corrected chi connectivity index (χ4v) is 4.90. The molecule has 1 saturated carbocycles. The minimum atomic E-state index is -0.519. The SMILES string of the molecule is CCC(N)C(c1cc(Br)cs1)N(C)CC1(O)CCCC1.